The summed E-state index contributed by atoms with van der Waals surface area (Å²) in [5.41, 5.74) is 0. The fourth-order valence-electron chi connectivity index (χ4n) is 2.95. The molecule has 1 aliphatic heterocycles. The van der Waals surface area contributed by atoms with Crippen LogP contribution in [0, 0.1) is 17.2 Å². The molecule has 0 aromatic heterocycles. The minimum Gasteiger partial charge on any atom is -0.381 e. The van der Waals surface area contributed by atoms with E-state index in [0.717, 1.165) is 25.7 Å². The highest BCUT2D eigenvalue weighted by Gasteiger charge is 2.33. The highest BCUT2D eigenvalue weighted by molar-refractivity contribution is 7.90. The molecule has 0 aromatic carbocycles. The molecule has 0 aromatic rings. The van der Waals surface area contributed by atoms with Crippen LogP contribution in [0.1, 0.15) is 44.9 Å². The lowest BCUT2D eigenvalue weighted by molar-refractivity contribution is 0.0980. The second kappa shape index (κ2) is 6.69. The molecule has 2 rings (SSSR count). The first-order chi connectivity index (χ1) is 9.13. The Morgan fingerprint density at radius 1 is 1.11 bits per heavy atom. The Labute approximate surface area is 115 Å². The lowest BCUT2D eigenvalue weighted by Crippen LogP contribution is -2.45. The molecule has 108 valence electrons. The molecule has 1 N–H and O–H groups in total. The minimum atomic E-state index is -3.40. The van der Waals surface area contributed by atoms with Crippen molar-refractivity contribution in [2.45, 2.75) is 56.2 Å². The summed E-state index contributed by atoms with van der Waals surface area (Å²) >= 11 is 0. The highest BCUT2D eigenvalue weighted by atomic mass is 32.2. The van der Waals surface area contributed by atoms with Gasteiger partial charge in [-0.2, -0.15) is 9.98 Å². The molecule has 0 spiro atoms. The van der Waals surface area contributed by atoms with E-state index in [-0.39, 0.29) is 5.92 Å². The van der Waals surface area contributed by atoms with Gasteiger partial charge in [-0.1, -0.05) is 19.3 Å². The van der Waals surface area contributed by atoms with E-state index in [4.69, 9.17) is 4.74 Å². The largest absolute Gasteiger partial charge is 0.381 e. The Bertz CT molecular complexity index is 418. The van der Waals surface area contributed by atoms with Gasteiger partial charge in [0.15, 0.2) is 0 Å². The topological polar surface area (TPSA) is 79.2 Å². The first-order valence-corrected chi connectivity index (χ1v) is 8.66. The van der Waals surface area contributed by atoms with Gasteiger partial charge in [-0.3, -0.25) is 0 Å². The van der Waals surface area contributed by atoms with Crippen LogP contribution in [0.15, 0.2) is 0 Å². The number of sulfonamides is 1. The molecular formula is C13H22N2O3S. The van der Waals surface area contributed by atoms with E-state index >= 15 is 0 Å². The molecule has 0 amide bonds. The second-order valence-corrected chi connectivity index (χ2v) is 7.47. The van der Waals surface area contributed by atoms with E-state index in [1.54, 1.807) is 0 Å². The third kappa shape index (κ3) is 3.91. The van der Waals surface area contributed by atoms with E-state index in [2.05, 4.69) is 10.8 Å². The monoisotopic (exact) mass is 286 g/mol. The first-order valence-electron chi connectivity index (χ1n) is 7.12. The average molecular weight is 286 g/mol. The molecule has 1 saturated heterocycles. The van der Waals surface area contributed by atoms with Crippen molar-refractivity contribution in [3.63, 3.8) is 0 Å². The van der Waals surface area contributed by atoms with E-state index < -0.39 is 21.3 Å². The summed E-state index contributed by atoms with van der Waals surface area (Å²) in [5, 5.41) is 8.84. The van der Waals surface area contributed by atoms with Gasteiger partial charge in [-0.15, -0.1) is 0 Å². The van der Waals surface area contributed by atoms with Crippen molar-refractivity contribution in [3.05, 3.63) is 0 Å². The van der Waals surface area contributed by atoms with Crippen LogP contribution in [0.25, 0.3) is 0 Å². The Hall–Kier alpha value is -0.640. The molecule has 0 bridgehead atoms. The Morgan fingerprint density at radius 3 is 2.32 bits per heavy atom. The number of nitriles is 1. The lowest BCUT2D eigenvalue weighted by atomic mass is 9.85. The molecular weight excluding hydrogens is 264 g/mol. The summed E-state index contributed by atoms with van der Waals surface area (Å²) < 4.78 is 32.4. The zero-order chi connectivity index (χ0) is 13.7. The van der Waals surface area contributed by atoms with E-state index in [1.165, 1.54) is 6.42 Å². The van der Waals surface area contributed by atoms with Gasteiger partial charge in [0.25, 0.3) is 0 Å². The van der Waals surface area contributed by atoms with E-state index in [1.807, 2.05) is 0 Å². The van der Waals surface area contributed by atoms with Gasteiger partial charge in [0.2, 0.25) is 10.0 Å². The Balaban J connectivity index is 1.98. The Kier molecular flexibility index (Phi) is 5.20. The van der Waals surface area contributed by atoms with Gasteiger partial charge in [0.05, 0.1) is 11.3 Å². The summed E-state index contributed by atoms with van der Waals surface area (Å²) in [6.07, 6.45) is 6.35. The number of nitrogens with zero attached hydrogens (tertiary/aromatic N) is 1. The third-order valence-corrected chi connectivity index (χ3v) is 6.09. The number of rotatable bonds is 4. The second-order valence-electron chi connectivity index (χ2n) is 5.48. The number of ether oxygens (including phenoxy) is 1. The van der Waals surface area contributed by atoms with Crippen molar-refractivity contribution in [1.29, 1.82) is 5.26 Å². The van der Waals surface area contributed by atoms with Crippen molar-refractivity contribution >= 4 is 10.0 Å². The molecule has 2 aliphatic rings. The molecule has 1 heterocycles. The number of hydrogen-bond donors (Lipinski definition) is 1. The standard InChI is InChI=1S/C13H22N2O3S/c14-10-13(11-4-2-1-3-5-11)15-19(16,17)12-6-8-18-9-7-12/h11-13,15H,1-9H2. The van der Waals surface area contributed by atoms with Crippen LogP contribution in [0.3, 0.4) is 0 Å². The zero-order valence-electron chi connectivity index (χ0n) is 11.2. The van der Waals surface area contributed by atoms with Crippen LogP contribution in [0.5, 0.6) is 0 Å². The number of nitrogens with one attached hydrogen (secondary N) is 1. The molecule has 0 radical (unpaired) electrons. The molecule has 5 nitrogen and oxygen atoms in total. The van der Waals surface area contributed by atoms with E-state index in [9.17, 15) is 13.7 Å². The zero-order valence-corrected chi connectivity index (χ0v) is 12.0. The molecule has 6 heteroatoms. The van der Waals surface area contributed by atoms with Crippen LogP contribution < -0.4 is 4.72 Å². The fraction of sp³-hybridized carbons (Fsp3) is 0.923. The summed E-state index contributed by atoms with van der Waals surface area (Å²) in [4.78, 5) is 0. The maximum absolute atomic E-state index is 12.3. The van der Waals surface area contributed by atoms with Gasteiger partial charge < -0.3 is 4.74 Å². The predicted octanol–water partition coefficient (Wildman–Crippen LogP) is 1.56. The third-order valence-electron chi connectivity index (χ3n) is 4.16. The van der Waals surface area contributed by atoms with Crippen molar-refractivity contribution in [3.8, 4) is 6.07 Å². The van der Waals surface area contributed by atoms with Crippen molar-refractivity contribution in [2.75, 3.05) is 13.2 Å². The van der Waals surface area contributed by atoms with E-state index in [0.29, 0.717) is 26.1 Å². The summed E-state index contributed by atoms with van der Waals surface area (Å²) in [6, 6.07) is 1.58. The summed E-state index contributed by atoms with van der Waals surface area (Å²) in [6.45, 7) is 0.985. The van der Waals surface area contributed by atoms with Crippen LogP contribution >= 0.6 is 0 Å². The number of hydrogen-bond acceptors (Lipinski definition) is 4. The van der Waals surface area contributed by atoms with Crippen LogP contribution in [-0.4, -0.2) is 32.9 Å². The smallest absolute Gasteiger partial charge is 0.215 e. The first kappa shape index (κ1) is 14.8. The van der Waals surface area contributed by atoms with Gasteiger partial charge in [0, 0.05) is 13.2 Å². The maximum Gasteiger partial charge on any atom is 0.215 e. The average Bonchev–Trinajstić information content (AvgIpc) is 2.47. The minimum absolute atomic E-state index is 0.174. The molecule has 1 atom stereocenters. The predicted molar refractivity (Wildman–Crippen MR) is 71.9 cm³/mol. The van der Waals surface area contributed by atoms with Crippen LogP contribution in [0.2, 0.25) is 0 Å². The van der Waals surface area contributed by atoms with Gasteiger partial charge >= 0.3 is 0 Å². The molecule has 2 fully saturated rings. The maximum atomic E-state index is 12.3. The quantitative estimate of drug-likeness (QED) is 0.850. The summed E-state index contributed by atoms with van der Waals surface area (Å²) in [5.74, 6) is 0.174. The summed E-state index contributed by atoms with van der Waals surface area (Å²) in [7, 11) is -3.40. The van der Waals surface area contributed by atoms with Crippen molar-refractivity contribution in [1.82, 2.24) is 4.72 Å². The van der Waals surface area contributed by atoms with Gasteiger partial charge in [-0.05, 0) is 31.6 Å². The highest BCUT2D eigenvalue weighted by Crippen LogP contribution is 2.27. The van der Waals surface area contributed by atoms with Crippen LogP contribution in [-0.2, 0) is 14.8 Å². The molecule has 19 heavy (non-hydrogen) atoms. The normalized spacial score (nSPS) is 24.8. The SMILES string of the molecule is N#CC(NS(=O)(=O)C1CCOCC1)C1CCCCC1. The molecule has 1 saturated carbocycles. The fourth-order valence-corrected chi connectivity index (χ4v) is 4.56. The van der Waals surface area contributed by atoms with Crippen LogP contribution in [0.4, 0.5) is 0 Å². The Morgan fingerprint density at radius 2 is 1.74 bits per heavy atom. The molecule has 1 aliphatic carbocycles. The van der Waals surface area contributed by atoms with Crippen molar-refractivity contribution in [2.24, 2.45) is 5.92 Å². The lowest BCUT2D eigenvalue weighted by Gasteiger charge is -2.29. The van der Waals surface area contributed by atoms with Gasteiger partial charge in [-0.25, -0.2) is 8.42 Å². The molecule has 1 unspecified atom stereocenters. The van der Waals surface area contributed by atoms with Crippen molar-refractivity contribution < 1.29 is 13.2 Å². The van der Waals surface area contributed by atoms with Gasteiger partial charge in [0.1, 0.15) is 6.04 Å².